The van der Waals surface area contributed by atoms with Crippen LogP contribution in [0, 0.1) is 13.8 Å². The van der Waals surface area contributed by atoms with Crippen molar-refractivity contribution in [2.24, 2.45) is 0 Å². The van der Waals surface area contributed by atoms with E-state index in [0.29, 0.717) is 12.4 Å². The van der Waals surface area contributed by atoms with Gasteiger partial charge in [-0.25, -0.2) is 4.79 Å². The number of urea groups is 1. The highest BCUT2D eigenvalue weighted by Gasteiger charge is 2.40. The highest BCUT2D eigenvalue weighted by molar-refractivity contribution is 5.74. The zero-order valence-corrected chi connectivity index (χ0v) is 15.2. The third-order valence-electron chi connectivity index (χ3n) is 4.88. The van der Waals surface area contributed by atoms with Crippen molar-refractivity contribution in [3.8, 4) is 5.69 Å². The second-order valence-corrected chi connectivity index (χ2v) is 6.83. The van der Waals surface area contributed by atoms with E-state index in [2.05, 4.69) is 52.1 Å². The predicted octanol–water partition coefficient (Wildman–Crippen LogP) is 2.76. The number of hydrogen-bond donors (Lipinski definition) is 2. The summed E-state index contributed by atoms with van der Waals surface area (Å²) in [6.07, 6.45) is 4.95. The molecule has 0 atom stereocenters. The van der Waals surface area contributed by atoms with Gasteiger partial charge in [0.1, 0.15) is 5.54 Å². The Morgan fingerprint density at radius 2 is 2.00 bits per heavy atom. The summed E-state index contributed by atoms with van der Waals surface area (Å²) in [5.74, 6) is 0.713. The average molecular weight is 342 g/mol. The highest BCUT2D eigenvalue weighted by Crippen LogP contribution is 2.36. The predicted molar refractivity (Wildman–Crippen MR) is 95.6 cm³/mol. The first kappa shape index (κ1) is 17.4. The van der Waals surface area contributed by atoms with Crippen LogP contribution in [0.25, 0.3) is 5.69 Å². The number of aromatic nitrogens is 4. The first-order valence-corrected chi connectivity index (χ1v) is 8.98. The summed E-state index contributed by atoms with van der Waals surface area (Å²) in [6.45, 7) is 6.62. The van der Waals surface area contributed by atoms with Gasteiger partial charge in [0, 0.05) is 6.54 Å². The van der Waals surface area contributed by atoms with Gasteiger partial charge in [-0.05, 0) is 55.7 Å². The fourth-order valence-electron chi connectivity index (χ4n) is 3.67. The molecule has 134 valence electrons. The topological polar surface area (TPSA) is 84.7 Å². The molecule has 1 aliphatic carbocycles. The van der Waals surface area contributed by atoms with Crippen LogP contribution >= 0.6 is 0 Å². The summed E-state index contributed by atoms with van der Waals surface area (Å²) < 4.78 is 1.78. The van der Waals surface area contributed by atoms with E-state index in [1.165, 1.54) is 12.0 Å². The second kappa shape index (κ2) is 7.21. The lowest BCUT2D eigenvalue weighted by Gasteiger charge is -2.36. The summed E-state index contributed by atoms with van der Waals surface area (Å²) in [5.41, 5.74) is 2.73. The van der Waals surface area contributed by atoms with Crippen LogP contribution in [0.4, 0.5) is 4.79 Å². The minimum Gasteiger partial charge on any atom is -0.338 e. The number of amides is 2. The summed E-state index contributed by atoms with van der Waals surface area (Å²) in [5, 5.41) is 18.5. The molecule has 1 saturated carbocycles. The lowest BCUT2D eigenvalue weighted by molar-refractivity contribution is 0.195. The highest BCUT2D eigenvalue weighted by atomic mass is 16.2. The molecule has 0 aliphatic heterocycles. The van der Waals surface area contributed by atoms with E-state index in [-0.39, 0.29) is 6.03 Å². The van der Waals surface area contributed by atoms with Crippen LogP contribution in [0.15, 0.2) is 18.2 Å². The Morgan fingerprint density at radius 3 is 2.68 bits per heavy atom. The fraction of sp³-hybridized carbons (Fsp3) is 0.556. The molecule has 0 radical (unpaired) electrons. The molecular weight excluding hydrogens is 316 g/mol. The molecule has 1 aliphatic rings. The normalized spacial score (nSPS) is 16.4. The van der Waals surface area contributed by atoms with E-state index in [1.54, 1.807) is 4.68 Å². The molecule has 1 aromatic heterocycles. The van der Waals surface area contributed by atoms with Gasteiger partial charge < -0.3 is 10.6 Å². The molecule has 3 rings (SSSR count). The van der Waals surface area contributed by atoms with Crippen molar-refractivity contribution in [1.29, 1.82) is 0 Å². The molecule has 0 saturated heterocycles. The van der Waals surface area contributed by atoms with Crippen LogP contribution in [0.2, 0.25) is 0 Å². The number of benzene rings is 1. The van der Waals surface area contributed by atoms with Crippen LogP contribution in [-0.4, -0.2) is 32.8 Å². The second-order valence-electron chi connectivity index (χ2n) is 6.83. The Labute approximate surface area is 148 Å². The van der Waals surface area contributed by atoms with E-state index >= 15 is 0 Å². The van der Waals surface area contributed by atoms with Gasteiger partial charge in [-0.1, -0.05) is 37.0 Å². The van der Waals surface area contributed by atoms with Gasteiger partial charge in [0.2, 0.25) is 0 Å². The molecule has 1 fully saturated rings. The lowest BCUT2D eigenvalue weighted by atomic mass is 9.81. The number of nitrogens with zero attached hydrogens (tertiary/aromatic N) is 4. The van der Waals surface area contributed by atoms with Gasteiger partial charge in [0.15, 0.2) is 5.82 Å². The van der Waals surface area contributed by atoms with Gasteiger partial charge in [-0.15, -0.1) is 5.10 Å². The van der Waals surface area contributed by atoms with E-state index in [1.807, 2.05) is 13.0 Å². The molecule has 2 N–H and O–H groups in total. The van der Waals surface area contributed by atoms with Gasteiger partial charge in [-0.2, -0.15) is 4.68 Å². The summed E-state index contributed by atoms with van der Waals surface area (Å²) in [4.78, 5) is 12.3. The van der Waals surface area contributed by atoms with Gasteiger partial charge in [0.25, 0.3) is 0 Å². The molecule has 7 nitrogen and oxygen atoms in total. The van der Waals surface area contributed by atoms with Gasteiger partial charge in [0.05, 0.1) is 5.69 Å². The maximum absolute atomic E-state index is 12.3. The van der Waals surface area contributed by atoms with Gasteiger partial charge in [-0.3, -0.25) is 0 Å². The van der Waals surface area contributed by atoms with Crippen molar-refractivity contribution in [3.05, 3.63) is 35.2 Å². The lowest BCUT2D eigenvalue weighted by Crippen LogP contribution is -2.52. The molecule has 0 unspecified atom stereocenters. The van der Waals surface area contributed by atoms with Crippen molar-refractivity contribution < 1.29 is 4.79 Å². The first-order chi connectivity index (χ1) is 12.1. The molecule has 25 heavy (non-hydrogen) atoms. The van der Waals surface area contributed by atoms with Crippen molar-refractivity contribution in [2.45, 2.75) is 58.4 Å². The van der Waals surface area contributed by atoms with Crippen molar-refractivity contribution in [3.63, 3.8) is 0 Å². The minimum atomic E-state index is -0.529. The number of rotatable bonds is 4. The van der Waals surface area contributed by atoms with Crippen molar-refractivity contribution in [1.82, 2.24) is 30.8 Å². The Morgan fingerprint density at radius 1 is 1.24 bits per heavy atom. The smallest absolute Gasteiger partial charge is 0.315 e. The number of aryl methyl sites for hydroxylation is 2. The molecule has 0 bridgehead atoms. The number of tetrazole rings is 1. The summed E-state index contributed by atoms with van der Waals surface area (Å²) >= 11 is 0. The van der Waals surface area contributed by atoms with E-state index < -0.39 is 5.54 Å². The molecule has 1 heterocycles. The third-order valence-corrected chi connectivity index (χ3v) is 4.88. The van der Waals surface area contributed by atoms with Gasteiger partial charge >= 0.3 is 6.03 Å². The quantitative estimate of drug-likeness (QED) is 0.895. The SMILES string of the molecule is CCNC(=O)NC1(c2nnnn2-c2ccc(C)cc2C)CCCCC1. The van der Waals surface area contributed by atoms with Crippen molar-refractivity contribution >= 4 is 6.03 Å². The molecule has 2 aromatic rings. The molecular formula is C18H26N6O. The number of carbonyl (C=O) groups is 1. The van der Waals surface area contributed by atoms with Crippen LogP contribution in [0.5, 0.6) is 0 Å². The third kappa shape index (κ3) is 3.50. The summed E-state index contributed by atoms with van der Waals surface area (Å²) in [6, 6.07) is 6.04. The Bertz CT molecular complexity index is 748. The Kier molecular flexibility index (Phi) is 5.01. The van der Waals surface area contributed by atoms with Crippen LogP contribution in [0.3, 0.4) is 0 Å². The first-order valence-electron chi connectivity index (χ1n) is 8.98. The Balaban J connectivity index is 2.03. The van der Waals surface area contributed by atoms with Crippen LogP contribution in [-0.2, 0) is 5.54 Å². The fourth-order valence-corrected chi connectivity index (χ4v) is 3.67. The van der Waals surface area contributed by atoms with E-state index in [4.69, 9.17) is 0 Å². The van der Waals surface area contributed by atoms with Crippen molar-refractivity contribution in [2.75, 3.05) is 6.54 Å². The largest absolute Gasteiger partial charge is 0.338 e. The monoisotopic (exact) mass is 342 g/mol. The zero-order chi connectivity index (χ0) is 17.9. The van der Waals surface area contributed by atoms with Crippen LogP contribution in [0.1, 0.15) is 56.0 Å². The minimum absolute atomic E-state index is 0.167. The standard InChI is InChI=1S/C18H26N6O/c1-4-19-17(25)20-18(10-6-5-7-11-18)16-21-22-23-24(16)15-9-8-13(2)12-14(15)3/h8-9,12H,4-7,10-11H2,1-3H3,(H2,19,20,25). The molecule has 1 aromatic carbocycles. The summed E-state index contributed by atoms with van der Waals surface area (Å²) in [7, 11) is 0. The van der Waals surface area contributed by atoms with Crippen LogP contribution < -0.4 is 10.6 Å². The number of nitrogens with one attached hydrogen (secondary N) is 2. The molecule has 7 heteroatoms. The average Bonchev–Trinajstić information content (AvgIpc) is 3.06. The maximum Gasteiger partial charge on any atom is 0.315 e. The van der Waals surface area contributed by atoms with E-state index in [0.717, 1.165) is 36.9 Å². The van der Waals surface area contributed by atoms with E-state index in [9.17, 15) is 4.79 Å². The molecule has 2 amide bonds. The molecule has 0 spiro atoms. The number of carbonyl (C=O) groups excluding carboxylic acids is 1. The number of hydrogen-bond acceptors (Lipinski definition) is 4. The zero-order valence-electron chi connectivity index (χ0n) is 15.2. The Hall–Kier alpha value is -2.44. The maximum atomic E-state index is 12.3.